The lowest BCUT2D eigenvalue weighted by atomic mass is 10.3. The van der Waals surface area contributed by atoms with Crippen LogP contribution in [0.4, 0.5) is 0 Å². The van der Waals surface area contributed by atoms with Crippen LogP contribution in [-0.4, -0.2) is 10.8 Å². The van der Waals surface area contributed by atoms with Gasteiger partial charge in [-0.1, -0.05) is 0 Å². The minimum Gasteiger partial charge on any atom is -0.290 e. The van der Waals surface area contributed by atoms with E-state index in [1.54, 1.807) is 11.4 Å². The van der Waals surface area contributed by atoms with Gasteiger partial charge in [-0.3, -0.25) is 4.79 Å². The Morgan fingerprint density at radius 2 is 2.64 bits per heavy atom. The van der Waals surface area contributed by atoms with E-state index >= 15 is 0 Å². The summed E-state index contributed by atoms with van der Waals surface area (Å²) in [5, 5.41) is 10.3. The molecule has 1 aromatic heterocycles. The van der Waals surface area contributed by atoms with E-state index in [1.165, 1.54) is 11.3 Å². The number of carbonyl (C=O) groups is 1. The van der Waals surface area contributed by atoms with Crippen LogP contribution in [0.5, 0.6) is 0 Å². The normalized spacial score (nSPS) is 9.09. The first-order chi connectivity index (χ1) is 5.24. The SMILES string of the molecule is N#CCC(=O)c1nc(Br)cs1. The van der Waals surface area contributed by atoms with Crippen molar-refractivity contribution in [3.05, 3.63) is 15.0 Å². The highest BCUT2D eigenvalue weighted by Gasteiger charge is 2.08. The number of Topliss-reactive ketones (excluding diaryl/α,β-unsaturated/α-hetero) is 1. The predicted molar refractivity (Wildman–Crippen MR) is 44.4 cm³/mol. The molecule has 0 N–H and O–H groups in total. The van der Waals surface area contributed by atoms with Crippen LogP contribution in [0.15, 0.2) is 9.98 Å². The van der Waals surface area contributed by atoms with Crippen molar-refractivity contribution in [2.75, 3.05) is 0 Å². The van der Waals surface area contributed by atoms with Crippen LogP contribution in [0, 0.1) is 11.3 Å². The molecule has 0 amide bonds. The summed E-state index contributed by atoms with van der Waals surface area (Å²) in [6.07, 6.45) is -0.0973. The highest BCUT2D eigenvalue weighted by atomic mass is 79.9. The Morgan fingerprint density at radius 1 is 1.91 bits per heavy atom. The third-order valence-corrected chi connectivity index (χ3v) is 2.55. The molecular formula is C6H3BrN2OS. The van der Waals surface area contributed by atoms with Crippen LogP contribution in [0.2, 0.25) is 0 Å². The first-order valence-corrected chi connectivity index (χ1v) is 4.42. The molecule has 0 radical (unpaired) electrons. The van der Waals surface area contributed by atoms with Gasteiger partial charge in [-0.05, 0) is 15.9 Å². The Kier molecular flexibility index (Phi) is 2.74. The maximum Gasteiger partial charge on any atom is 0.205 e. The molecule has 1 rings (SSSR count). The van der Waals surface area contributed by atoms with Gasteiger partial charge in [0.15, 0.2) is 5.01 Å². The largest absolute Gasteiger partial charge is 0.290 e. The molecule has 1 heterocycles. The first-order valence-electron chi connectivity index (χ1n) is 2.75. The van der Waals surface area contributed by atoms with Gasteiger partial charge in [-0.25, -0.2) is 4.98 Å². The van der Waals surface area contributed by atoms with Gasteiger partial charge in [0.1, 0.15) is 11.0 Å². The van der Waals surface area contributed by atoms with Gasteiger partial charge >= 0.3 is 0 Å². The zero-order chi connectivity index (χ0) is 8.27. The first kappa shape index (κ1) is 8.37. The van der Waals surface area contributed by atoms with Crippen molar-refractivity contribution in [1.29, 1.82) is 5.26 Å². The van der Waals surface area contributed by atoms with Gasteiger partial charge in [0.2, 0.25) is 5.78 Å². The van der Waals surface area contributed by atoms with Gasteiger partial charge in [-0.2, -0.15) is 5.26 Å². The van der Waals surface area contributed by atoms with Crippen LogP contribution < -0.4 is 0 Å². The summed E-state index contributed by atoms with van der Waals surface area (Å²) in [6.45, 7) is 0. The second-order valence-corrected chi connectivity index (χ2v) is 3.40. The number of nitrogens with zero attached hydrogens (tertiary/aromatic N) is 2. The second-order valence-electron chi connectivity index (χ2n) is 1.73. The number of aromatic nitrogens is 1. The molecule has 0 aliphatic heterocycles. The molecule has 0 unspecified atom stereocenters. The van der Waals surface area contributed by atoms with Gasteiger partial charge in [0.25, 0.3) is 0 Å². The van der Waals surface area contributed by atoms with E-state index in [-0.39, 0.29) is 12.2 Å². The van der Waals surface area contributed by atoms with E-state index in [9.17, 15) is 4.79 Å². The van der Waals surface area contributed by atoms with Crippen molar-refractivity contribution in [2.24, 2.45) is 0 Å². The highest BCUT2D eigenvalue weighted by molar-refractivity contribution is 9.10. The number of carbonyl (C=O) groups excluding carboxylic acids is 1. The fourth-order valence-corrected chi connectivity index (χ4v) is 1.72. The Morgan fingerprint density at radius 3 is 3.09 bits per heavy atom. The average Bonchev–Trinajstić information content (AvgIpc) is 2.36. The molecule has 0 aliphatic rings. The van der Waals surface area contributed by atoms with Crippen molar-refractivity contribution in [3.8, 4) is 6.07 Å². The average molecular weight is 231 g/mol. The van der Waals surface area contributed by atoms with E-state index < -0.39 is 0 Å². The number of rotatable bonds is 2. The standard InChI is InChI=1S/C6H3BrN2OS/c7-5-3-11-6(9-5)4(10)1-2-8/h3H,1H2. The van der Waals surface area contributed by atoms with Crippen molar-refractivity contribution in [1.82, 2.24) is 4.98 Å². The minimum absolute atomic E-state index is 0.0973. The predicted octanol–water partition coefficient (Wildman–Crippen LogP) is 2.00. The summed E-state index contributed by atoms with van der Waals surface area (Å²) in [6, 6.07) is 1.78. The van der Waals surface area contributed by atoms with Crippen molar-refractivity contribution in [3.63, 3.8) is 0 Å². The molecule has 0 atom stereocenters. The fourth-order valence-electron chi connectivity index (χ4n) is 0.530. The summed E-state index contributed by atoms with van der Waals surface area (Å²) in [4.78, 5) is 14.8. The van der Waals surface area contributed by atoms with Crippen LogP contribution in [-0.2, 0) is 0 Å². The molecule has 0 aliphatic carbocycles. The molecule has 0 saturated heterocycles. The number of hydrogen-bond acceptors (Lipinski definition) is 4. The number of halogens is 1. The summed E-state index contributed by atoms with van der Waals surface area (Å²) in [5.41, 5.74) is 0. The lowest BCUT2D eigenvalue weighted by molar-refractivity contribution is 0.0997. The molecule has 0 bridgehead atoms. The topological polar surface area (TPSA) is 53.8 Å². The number of nitriles is 1. The minimum atomic E-state index is -0.219. The second kappa shape index (κ2) is 3.60. The Hall–Kier alpha value is -0.730. The molecule has 56 valence electrons. The monoisotopic (exact) mass is 230 g/mol. The van der Waals surface area contributed by atoms with E-state index in [0.29, 0.717) is 9.61 Å². The van der Waals surface area contributed by atoms with Crippen molar-refractivity contribution in [2.45, 2.75) is 6.42 Å². The number of ketones is 1. The number of thiazole rings is 1. The van der Waals surface area contributed by atoms with Crippen LogP contribution in [0.25, 0.3) is 0 Å². The molecule has 3 nitrogen and oxygen atoms in total. The molecule has 0 spiro atoms. The number of hydrogen-bond donors (Lipinski definition) is 0. The van der Waals surface area contributed by atoms with Gasteiger partial charge in [0, 0.05) is 5.38 Å². The van der Waals surface area contributed by atoms with Crippen LogP contribution >= 0.6 is 27.3 Å². The van der Waals surface area contributed by atoms with E-state index in [1.807, 2.05) is 0 Å². The molecule has 1 aromatic rings. The van der Waals surface area contributed by atoms with Gasteiger partial charge in [0.05, 0.1) is 6.07 Å². The Bertz CT molecular complexity index is 315. The van der Waals surface area contributed by atoms with Crippen LogP contribution in [0.1, 0.15) is 16.2 Å². The van der Waals surface area contributed by atoms with Crippen molar-refractivity contribution < 1.29 is 4.79 Å². The van der Waals surface area contributed by atoms with Crippen LogP contribution in [0.3, 0.4) is 0 Å². The fraction of sp³-hybridized carbons (Fsp3) is 0.167. The molecule has 5 heteroatoms. The third-order valence-electron chi connectivity index (χ3n) is 0.954. The zero-order valence-corrected chi connectivity index (χ0v) is 7.78. The Labute approximate surface area is 75.8 Å². The van der Waals surface area contributed by atoms with Crippen molar-refractivity contribution >= 4 is 33.0 Å². The lowest BCUT2D eigenvalue weighted by Gasteiger charge is -1.84. The summed E-state index contributed by atoms with van der Waals surface area (Å²) < 4.78 is 0.642. The quantitative estimate of drug-likeness (QED) is 0.731. The maximum absolute atomic E-state index is 11.0. The van der Waals surface area contributed by atoms with E-state index in [4.69, 9.17) is 5.26 Å². The molecule has 11 heavy (non-hydrogen) atoms. The van der Waals surface area contributed by atoms with Gasteiger partial charge < -0.3 is 0 Å². The molecule has 0 saturated carbocycles. The van der Waals surface area contributed by atoms with E-state index in [0.717, 1.165) is 0 Å². The smallest absolute Gasteiger partial charge is 0.205 e. The summed E-state index contributed by atoms with van der Waals surface area (Å²) in [7, 11) is 0. The lowest BCUT2D eigenvalue weighted by Crippen LogP contribution is -1.95. The Balaban J connectivity index is 2.78. The summed E-state index contributed by atoms with van der Waals surface area (Å²) >= 11 is 4.35. The molecular weight excluding hydrogens is 228 g/mol. The van der Waals surface area contributed by atoms with E-state index in [2.05, 4.69) is 20.9 Å². The highest BCUT2D eigenvalue weighted by Crippen LogP contribution is 2.15. The maximum atomic E-state index is 11.0. The third kappa shape index (κ3) is 2.10. The summed E-state index contributed by atoms with van der Waals surface area (Å²) in [5.74, 6) is -0.219. The zero-order valence-electron chi connectivity index (χ0n) is 5.37. The molecule has 0 aromatic carbocycles. The van der Waals surface area contributed by atoms with Gasteiger partial charge in [-0.15, -0.1) is 11.3 Å². The molecule has 0 fully saturated rings.